The standard InChI is InChI=1S/C20H24N4O2.HI/c1-21-20(24-13-15-11-16(26-2)7-8-19(15)25)22-10-9-14-12-23-18-6-4-3-5-17(14)18;/h3-8,11-12,23,25H,9-10,13H2,1-2H3,(H2,21,22,24);1H. The summed E-state index contributed by atoms with van der Waals surface area (Å²) in [5.74, 6) is 1.63. The second-order valence-electron chi connectivity index (χ2n) is 5.96. The Labute approximate surface area is 176 Å². The van der Waals surface area contributed by atoms with Gasteiger partial charge in [-0.2, -0.15) is 0 Å². The van der Waals surface area contributed by atoms with E-state index in [1.165, 1.54) is 10.9 Å². The summed E-state index contributed by atoms with van der Waals surface area (Å²) in [4.78, 5) is 7.52. The molecular weight excluding hydrogens is 455 g/mol. The Morgan fingerprint density at radius 2 is 1.96 bits per heavy atom. The number of nitrogens with one attached hydrogen (secondary N) is 3. The third-order valence-corrected chi connectivity index (χ3v) is 4.32. The van der Waals surface area contributed by atoms with E-state index < -0.39 is 0 Å². The van der Waals surface area contributed by atoms with Crippen molar-refractivity contribution in [3.8, 4) is 11.5 Å². The van der Waals surface area contributed by atoms with Crippen molar-refractivity contribution in [3.63, 3.8) is 0 Å². The Balaban J connectivity index is 0.00000261. The third kappa shape index (κ3) is 5.29. The van der Waals surface area contributed by atoms with E-state index in [0.29, 0.717) is 18.3 Å². The zero-order chi connectivity index (χ0) is 18.4. The number of aromatic amines is 1. The maximum atomic E-state index is 9.96. The highest BCUT2D eigenvalue weighted by atomic mass is 127. The quantitative estimate of drug-likeness (QED) is 0.248. The van der Waals surface area contributed by atoms with Gasteiger partial charge in [0, 0.05) is 42.8 Å². The molecule has 0 radical (unpaired) electrons. The molecule has 0 unspecified atom stereocenters. The van der Waals surface area contributed by atoms with Gasteiger partial charge in [-0.1, -0.05) is 18.2 Å². The molecule has 0 aliphatic rings. The average Bonchev–Trinajstić information content (AvgIpc) is 3.09. The zero-order valence-corrected chi connectivity index (χ0v) is 17.8. The number of aromatic hydroxyl groups is 1. The summed E-state index contributed by atoms with van der Waals surface area (Å²) in [6, 6.07) is 13.4. The van der Waals surface area contributed by atoms with Crippen LogP contribution < -0.4 is 15.4 Å². The van der Waals surface area contributed by atoms with Crippen molar-refractivity contribution in [1.29, 1.82) is 0 Å². The number of nitrogens with zero attached hydrogens (tertiary/aromatic N) is 1. The molecule has 2 aromatic carbocycles. The van der Waals surface area contributed by atoms with E-state index >= 15 is 0 Å². The molecule has 0 amide bonds. The van der Waals surface area contributed by atoms with Crippen molar-refractivity contribution in [2.75, 3.05) is 20.7 Å². The Hall–Kier alpha value is -2.42. The number of ether oxygens (including phenoxy) is 1. The van der Waals surface area contributed by atoms with E-state index in [1.54, 1.807) is 26.3 Å². The van der Waals surface area contributed by atoms with Crippen LogP contribution in [-0.2, 0) is 13.0 Å². The molecule has 3 aromatic rings. The summed E-state index contributed by atoms with van der Waals surface area (Å²) in [5, 5.41) is 17.7. The number of aromatic nitrogens is 1. The zero-order valence-electron chi connectivity index (χ0n) is 15.5. The van der Waals surface area contributed by atoms with Crippen molar-refractivity contribution < 1.29 is 9.84 Å². The number of halogens is 1. The van der Waals surface area contributed by atoms with E-state index in [-0.39, 0.29) is 29.7 Å². The van der Waals surface area contributed by atoms with Gasteiger partial charge in [0.1, 0.15) is 11.5 Å². The molecule has 0 spiro atoms. The predicted molar refractivity (Wildman–Crippen MR) is 120 cm³/mol. The number of methoxy groups -OCH3 is 1. The van der Waals surface area contributed by atoms with Gasteiger partial charge in [-0.05, 0) is 36.2 Å². The molecule has 1 aromatic heterocycles. The van der Waals surface area contributed by atoms with Crippen molar-refractivity contribution in [2.45, 2.75) is 13.0 Å². The van der Waals surface area contributed by atoms with Crippen LogP contribution in [0.3, 0.4) is 0 Å². The second-order valence-corrected chi connectivity index (χ2v) is 5.96. The molecule has 4 N–H and O–H groups in total. The average molecular weight is 480 g/mol. The monoisotopic (exact) mass is 480 g/mol. The Morgan fingerprint density at radius 1 is 1.15 bits per heavy atom. The molecule has 0 fully saturated rings. The van der Waals surface area contributed by atoms with Crippen LogP contribution in [0.5, 0.6) is 11.5 Å². The first kappa shape index (κ1) is 20.9. The van der Waals surface area contributed by atoms with Gasteiger partial charge in [0.25, 0.3) is 0 Å². The van der Waals surface area contributed by atoms with Gasteiger partial charge in [-0.25, -0.2) is 0 Å². The number of hydrogen-bond donors (Lipinski definition) is 4. The fraction of sp³-hybridized carbons (Fsp3) is 0.250. The molecule has 7 heteroatoms. The lowest BCUT2D eigenvalue weighted by Gasteiger charge is -2.13. The molecule has 0 saturated heterocycles. The van der Waals surface area contributed by atoms with Gasteiger partial charge in [0.05, 0.1) is 7.11 Å². The second kappa shape index (κ2) is 10.1. The lowest BCUT2D eigenvalue weighted by molar-refractivity contribution is 0.410. The maximum absolute atomic E-state index is 9.96. The Morgan fingerprint density at radius 3 is 2.74 bits per heavy atom. The number of guanidine groups is 1. The first-order valence-electron chi connectivity index (χ1n) is 8.56. The number of aliphatic imine (C=N–C) groups is 1. The van der Waals surface area contributed by atoms with Crippen LogP contribution in [0.4, 0.5) is 0 Å². The van der Waals surface area contributed by atoms with Crippen molar-refractivity contribution in [2.24, 2.45) is 4.99 Å². The van der Waals surface area contributed by atoms with Crippen LogP contribution in [0.2, 0.25) is 0 Å². The van der Waals surface area contributed by atoms with Crippen molar-refractivity contribution >= 4 is 40.8 Å². The maximum Gasteiger partial charge on any atom is 0.191 e. The minimum atomic E-state index is 0. The summed E-state index contributed by atoms with van der Waals surface area (Å²) in [6.45, 7) is 1.21. The number of hydrogen-bond acceptors (Lipinski definition) is 3. The smallest absolute Gasteiger partial charge is 0.191 e. The number of rotatable bonds is 6. The molecule has 0 atom stereocenters. The van der Waals surface area contributed by atoms with Gasteiger partial charge < -0.3 is 25.5 Å². The van der Waals surface area contributed by atoms with Gasteiger partial charge in [0.15, 0.2) is 5.96 Å². The van der Waals surface area contributed by atoms with E-state index in [4.69, 9.17) is 4.74 Å². The molecule has 1 heterocycles. The van der Waals surface area contributed by atoms with Gasteiger partial charge in [-0.15, -0.1) is 24.0 Å². The van der Waals surface area contributed by atoms with E-state index in [0.717, 1.165) is 24.0 Å². The lowest BCUT2D eigenvalue weighted by Crippen LogP contribution is -2.37. The molecule has 6 nitrogen and oxygen atoms in total. The van der Waals surface area contributed by atoms with E-state index in [1.807, 2.05) is 18.2 Å². The van der Waals surface area contributed by atoms with Crippen molar-refractivity contribution in [1.82, 2.24) is 15.6 Å². The van der Waals surface area contributed by atoms with Crippen LogP contribution >= 0.6 is 24.0 Å². The number of fused-ring (bicyclic) bond motifs is 1. The molecule has 144 valence electrons. The minimum absolute atomic E-state index is 0. The number of benzene rings is 2. The SMILES string of the molecule is CN=C(NCCc1c[nH]c2ccccc12)NCc1cc(OC)ccc1O.I. The summed E-state index contributed by atoms with van der Waals surface area (Å²) < 4.78 is 5.20. The lowest BCUT2D eigenvalue weighted by atomic mass is 10.1. The molecule has 0 bridgehead atoms. The molecule has 3 rings (SSSR count). The van der Waals surface area contributed by atoms with Crippen molar-refractivity contribution in [3.05, 3.63) is 59.8 Å². The topological polar surface area (TPSA) is 81.7 Å². The fourth-order valence-corrected chi connectivity index (χ4v) is 2.88. The first-order chi connectivity index (χ1) is 12.7. The number of H-pyrrole nitrogens is 1. The van der Waals surface area contributed by atoms with Crippen LogP contribution in [0.25, 0.3) is 10.9 Å². The first-order valence-corrected chi connectivity index (χ1v) is 8.56. The van der Waals surface area contributed by atoms with Gasteiger partial charge in [0.2, 0.25) is 0 Å². The molecular formula is C20H25IN4O2. The Bertz CT molecular complexity index is 908. The van der Waals surface area contributed by atoms with Crippen LogP contribution in [-0.4, -0.2) is 36.8 Å². The van der Waals surface area contributed by atoms with Crippen LogP contribution in [0.15, 0.2) is 53.7 Å². The highest BCUT2D eigenvalue weighted by Gasteiger charge is 2.06. The summed E-state index contributed by atoms with van der Waals surface area (Å²) >= 11 is 0. The fourth-order valence-electron chi connectivity index (χ4n) is 2.88. The molecule has 0 aliphatic carbocycles. The number of phenols is 1. The third-order valence-electron chi connectivity index (χ3n) is 4.32. The van der Waals surface area contributed by atoms with Crippen LogP contribution in [0, 0.1) is 0 Å². The highest BCUT2D eigenvalue weighted by molar-refractivity contribution is 14.0. The van der Waals surface area contributed by atoms with E-state index in [2.05, 4.69) is 38.9 Å². The van der Waals surface area contributed by atoms with Gasteiger partial charge in [-0.3, -0.25) is 4.99 Å². The summed E-state index contributed by atoms with van der Waals surface area (Å²) in [6.07, 6.45) is 2.94. The summed E-state index contributed by atoms with van der Waals surface area (Å²) in [5.41, 5.74) is 3.18. The minimum Gasteiger partial charge on any atom is -0.508 e. The molecule has 0 aliphatic heterocycles. The highest BCUT2D eigenvalue weighted by Crippen LogP contribution is 2.22. The summed E-state index contributed by atoms with van der Waals surface area (Å²) in [7, 11) is 3.33. The normalized spacial score (nSPS) is 11.1. The van der Waals surface area contributed by atoms with Gasteiger partial charge >= 0.3 is 0 Å². The Kier molecular flexibility index (Phi) is 7.78. The molecule has 0 saturated carbocycles. The van der Waals surface area contributed by atoms with E-state index in [9.17, 15) is 5.11 Å². The molecule has 27 heavy (non-hydrogen) atoms. The predicted octanol–water partition coefficient (Wildman–Crippen LogP) is 3.41. The largest absolute Gasteiger partial charge is 0.508 e. The van der Waals surface area contributed by atoms with Crippen LogP contribution in [0.1, 0.15) is 11.1 Å². The number of phenolic OH excluding ortho intramolecular Hbond substituents is 1. The number of para-hydroxylation sites is 1.